The highest BCUT2D eigenvalue weighted by atomic mass is 15.1. The molecule has 208 valence electrons. The number of benzene rings is 6. The summed E-state index contributed by atoms with van der Waals surface area (Å²) in [6, 6.07) is 48.5. The molecule has 0 radical (unpaired) electrons. The second-order valence-electron chi connectivity index (χ2n) is 12.5. The van der Waals surface area contributed by atoms with Gasteiger partial charge in [-0.15, -0.1) is 0 Å². The smallest absolute Gasteiger partial charge is 0.124 e. The van der Waals surface area contributed by atoms with E-state index in [4.69, 9.17) is 4.98 Å². The molecule has 1 aliphatic heterocycles. The minimum atomic E-state index is -0.226. The Labute approximate surface area is 254 Å². The third kappa shape index (κ3) is 2.95. The quantitative estimate of drug-likeness (QED) is 0.205. The van der Waals surface area contributed by atoms with Crippen LogP contribution in [0.3, 0.4) is 0 Å². The van der Waals surface area contributed by atoms with Crippen LogP contribution in [0.2, 0.25) is 0 Å². The first-order valence-electron chi connectivity index (χ1n) is 15.2. The molecule has 10 rings (SSSR count). The Hall–Kier alpha value is -5.61. The van der Waals surface area contributed by atoms with E-state index in [2.05, 4.69) is 161 Å². The van der Waals surface area contributed by atoms with Crippen molar-refractivity contribution in [2.75, 3.05) is 0 Å². The first-order chi connectivity index (χ1) is 21.6. The first-order valence-corrected chi connectivity index (χ1v) is 15.2. The van der Waals surface area contributed by atoms with Gasteiger partial charge in [0.2, 0.25) is 0 Å². The van der Waals surface area contributed by atoms with Crippen molar-refractivity contribution in [2.24, 2.45) is 0 Å². The fourth-order valence-corrected chi connectivity index (χ4v) is 7.73. The fourth-order valence-electron chi connectivity index (χ4n) is 7.73. The number of nitrogens with zero attached hydrogens (tertiary/aromatic N) is 4. The van der Waals surface area contributed by atoms with E-state index in [1.807, 2.05) is 0 Å². The Morgan fingerprint density at radius 2 is 1.05 bits per heavy atom. The zero-order valence-electron chi connectivity index (χ0n) is 24.5. The highest BCUT2D eigenvalue weighted by molar-refractivity contribution is 6.19. The summed E-state index contributed by atoms with van der Waals surface area (Å²) < 4.78 is 7.21. The number of imidazole rings is 1. The van der Waals surface area contributed by atoms with Gasteiger partial charge in [0.1, 0.15) is 5.82 Å². The molecule has 4 nitrogen and oxygen atoms in total. The minimum absolute atomic E-state index is 0.226. The molecule has 0 saturated heterocycles. The fraction of sp³-hybridized carbons (Fsp3) is 0.0750. The van der Waals surface area contributed by atoms with Gasteiger partial charge in [-0.2, -0.15) is 0 Å². The van der Waals surface area contributed by atoms with Crippen molar-refractivity contribution in [1.29, 1.82) is 0 Å². The molecule has 0 amide bonds. The molecular formula is C40H28N4. The van der Waals surface area contributed by atoms with Gasteiger partial charge >= 0.3 is 0 Å². The number of hydrogen-bond acceptors (Lipinski definition) is 1. The molecule has 0 bridgehead atoms. The van der Waals surface area contributed by atoms with E-state index in [1.165, 1.54) is 66.2 Å². The zero-order valence-corrected chi connectivity index (χ0v) is 24.5. The van der Waals surface area contributed by atoms with Crippen LogP contribution < -0.4 is 0 Å². The minimum Gasteiger partial charge on any atom is -0.309 e. The maximum Gasteiger partial charge on any atom is 0.124 e. The van der Waals surface area contributed by atoms with Crippen molar-refractivity contribution in [1.82, 2.24) is 18.7 Å². The summed E-state index contributed by atoms with van der Waals surface area (Å²) in [5.41, 5.74) is 11.7. The van der Waals surface area contributed by atoms with Crippen molar-refractivity contribution >= 4 is 54.6 Å². The largest absolute Gasteiger partial charge is 0.309 e. The monoisotopic (exact) mass is 564 g/mol. The molecule has 0 unspecified atom stereocenters. The van der Waals surface area contributed by atoms with Gasteiger partial charge < -0.3 is 9.13 Å². The SMILES string of the molecule is CC1(C)c2cc(-n3c4ccccc4c4cc5c6ccccc6n(-c6ccccc6)c5cc43)ccc2-n2c1nc1ccccc12. The Morgan fingerprint density at radius 3 is 1.75 bits per heavy atom. The lowest BCUT2D eigenvalue weighted by Crippen LogP contribution is -2.17. The Bertz CT molecular complexity index is 2630. The molecule has 0 aliphatic carbocycles. The molecule has 0 N–H and O–H groups in total. The lowest BCUT2D eigenvalue weighted by Gasteiger charge is -2.19. The number of para-hydroxylation sites is 5. The van der Waals surface area contributed by atoms with Gasteiger partial charge in [-0.05, 0) is 86.1 Å². The van der Waals surface area contributed by atoms with E-state index in [1.54, 1.807) is 0 Å². The molecule has 4 heteroatoms. The highest BCUT2D eigenvalue weighted by Crippen LogP contribution is 2.46. The zero-order chi connectivity index (χ0) is 29.2. The predicted octanol–water partition coefficient (Wildman–Crippen LogP) is 9.86. The van der Waals surface area contributed by atoms with Crippen LogP contribution in [0.25, 0.3) is 71.7 Å². The van der Waals surface area contributed by atoms with Crippen LogP contribution >= 0.6 is 0 Å². The van der Waals surface area contributed by atoms with E-state index in [0.717, 1.165) is 16.9 Å². The second kappa shape index (κ2) is 8.27. The third-order valence-electron chi connectivity index (χ3n) is 9.75. The molecule has 0 saturated carbocycles. The van der Waals surface area contributed by atoms with Crippen molar-refractivity contribution in [3.63, 3.8) is 0 Å². The van der Waals surface area contributed by atoms with Gasteiger partial charge in [-0.3, -0.25) is 4.57 Å². The normalized spacial score (nSPS) is 13.9. The van der Waals surface area contributed by atoms with E-state index in [0.29, 0.717) is 0 Å². The van der Waals surface area contributed by atoms with Crippen LogP contribution in [0.5, 0.6) is 0 Å². The predicted molar refractivity (Wildman–Crippen MR) is 182 cm³/mol. The summed E-state index contributed by atoms with van der Waals surface area (Å²) in [4.78, 5) is 5.10. The van der Waals surface area contributed by atoms with Gasteiger partial charge in [0.25, 0.3) is 0 Å². The van der Waals surface area contributed by atoms with Crippen LogP contribution in [0.4, 0.5) is 0 Å². The van der Waals surface area contributed by atoms with Gasteiger partial charge in [-0.1, -0.05) is 66.7 Å². The number of hydrogen-bond donors (Lipinski definition) is 0. The molecule has 0 fully saturated rings. The third-order valence-corrected chi connectivity index (χ3v) is 9.75. The maximum atomic E-state index is 5.10. The number of aromatic nitrogens is 4. The van der Waals surface area contributed by atoms with Crippen LogP contribution in [0, 0.1) is 0 Å². The van der Waals surface area contributed by atoms with Crippen LogP contribution in [-0.2, 0) is 5.41 Å². The van der Waals surface area contributed by atoms with E-state index in [-0.39, 0.29) is 5.41 Å². The molecular weight excluding hydrogens is 536 g/mol. The average Bonchev–Trinajstić information content (AvgIpc) is 3.76. The van der Waals surface area contributed by atoms with Gasteiger partial charge in [0, 0.05) is 32.9 Å². The molecule has 0 atom stereocenters. The molecule has 1 aliphatic rings. The first kappa shape index (κ1) is 23.9. The van der Waals surface area contributed by atoms with E-state index < -0.39 is 0 Å². The van der Waals surface area contributed by atoms with Gasteiger partial charge in [-0.25, -0.2) is 4.98 Å². The van der Waals surface area contributed by atoms with Crippen LogP contribution in [0.1, 0.15) is 25.2 Å². The summed E-state index contributed by atoms with van der Waals surface area (Å²) in [6.07, 6.45) is 0. The maximum absolute atomic E-state index is 5.10. The van der Waals surface area contributed by atoms with Crippen molar-refractivity contribution < 1.29 is 0 Å². The lowest BCUT2D eigenvalue weighted by atomic mass is 9.85. The average molecular weight is 565 g/mol. The van der Waals surface area contributed by atoms with Crippen molar-refractivity contribution in [2.45, 2.75) is 19.3 Å². The molecule has 6 aromatic carbocycles. The van der Waals surface area contributed by atoms with Gasteiger partial charge in [0.05, 0.1) is 44.2 Å². The van der Waals surface area contributed by atoms with Crippen LogP contribution in [0.15, 0.2) is 133 Å². The standard InChI is InChI=1S/C40H28N4/c1-40(2)31-22-26(20-21-35(31)44-36-19-11-8-16-32(36)41-39(40)44)43-34-18-10-7-15-28(34)30-23-29-27-14-6-9-17-33(27)42(37(29)24-38(30)43)25-12-4-3-5-13-25/h3-24H,1-2H3. The van der Waals surface area contributed by atoms with E-state index in [9.17, 15) is 0 Å². The summed E-state index contributed by atoms with van der Waals surface area (Å²) in [5.74, 6) is 1.10. The number of fused-ring (bicyclic) bond motifs is 11. The molecule has 44 heavy (non-hydrogen) atoms. The molecule has 4 heterocycles. The van der Waals surface area contributed by atoms with E-state index >= 15 is 0 Å². The van der Waals surface area contributed by atoms with Crippen LogP contribution in [-0.4, -0.2) is 18.7 Å². The van der Waals surface area contributed by atoms with Crippen molar-refractivity contribution in [3.05, 3.63) is 145 Å². The summed E-state index contributed by atoms with van der Waals surface area (Å²) >= 11 is 0. The highest BCUT2D eigenvalue weighted by Gasteiger charge is 2.39. The second-order valence-corrected chi connectivity index (χ2v) is 12.5. The lowest BCUT2D eigenvalue weighted by molar-refractivity contribution is 0.621. The summed E-state index contributed by atoms with van der Waals surface area (Å²) in [7, 11) is 0. The summed E-state index contributed by atoms with van der Waals surface area (Å²) in [6.45, 7) is 4.60. The van der Waals surface area contributed by atoms with Gasteiger partial charge in [0.15, 0.2) is 0 Å². The summed E-state index contributed by atoms with van der Waals surface area (Å²) in [5, 5.41) is 5.07. The Morgan fingerprint density at radius 1 is 0.455 bits per heavy atom. The Kier molecular flexibility index (Phi) is 4.49. The molecule has 0 spiro atoms. The molecule has 3 aromatic heterocycles. The Balaban J connectivity index is 1.29. The number of rotatable bonds is 2. The molecule has 9 aromatic rings. The van der Waals surface area contributed by atoms with Crippen molar-refractivity contribution in [3.8, 4) is 17.1 Å². The topological polar surface area (TPSA) is 27.7 Å².